The molecule has 2 heteroatoms. The van der Waals surface area contributed by atoms with Crippen LogP contribution < -0.4 is 10.1 Å². The molecule has 0 radical (unpaired) electrons. The fourth-order valence-electron chi connectivity index (χ4n) is 1.90. The highest BCUT2D eigenvalue weighted by atomic mass is 16.5. The molecule has 0 aliphatic carbocycles. The van der Waals surface area contributed by atoms with Crippen molar-refractivity contribution in [1.82, 2.24) is 5.32 Å². The average molecular weight is 191 g/mol. The third-order valence-electron chi connectivity index (χ3n) is 2.86. The molecule has 76 valence electrons. The Morgan fingerprint density at radius 2 is 2.21 bits per heavy atom. The highest BCUT2D eigenvalue weighted by Crippen LogP contribution is 2.33. The molecule has 0 saturated carbocycles. The van der Waals surface area contributed by atoms with Crippen molar-refractivity contribution in [3.05, 3.63) is 28.8 Å². The fraction of sp³-hybridized carbons (Fsp3) is 0.500. The van der Waals surface area contributed by atoms with Gasteiger partial charge in [-0.1, -0.05) is 19.1 Å². The molecule has 0 amide bonds. The molecule has 1 unspecified atom stereocenters. The van der Waals surface area contributed by atoms with Gasteiger partial charge in [-0.2, -0.15) is 0 Å². The van der Waals surface area contributed by atoms with E-state index in [9.17, 15) is 0 Å². The van der Waals surface area contributed by atoms with E-state index < -0.39 is 0 Å². The third kappa shape index (κ3) is 1.50. The zero-order chi connectivity index (χ0) is 10.1. The second kappa shape index (κ2) is 3.62. The fourth-order valence-corrected chi connectivity index (χ4v) is 1.90. The standard InChI is InChI=1S/C12H17NO/c1-4-13-11-7-10-6-5-8(2)9(3)12(10)14-11/h5-6,11,13H,4,7H2,1-3H3. The lowest BCUT2D eigenvalue weighted by molar-refractivity contribution is 0.194. The number of nitrogens with one attached hydrogen (secondary N) is 1. The van der Waals surface area contributed by atoms with E-state index in [1.54, 1.807) is 0 Å². The first kappa shape index (κ1) is 9.53. The highest BCUT2D eigenvalue weighted by Gasteiger charge is 2.23. The minimum Gasteiger partial charge on any atom is -0.474 e. The van der Waals surface area contributed by atoms with Crippen LogP contribution in [0.25, 0.3) is 0 Å². The van der Waals surface area contributed by atoms with E-state index >= 15 is 0 Å². The Morgan fingerprint density at radius 1 is 1.43 bits per heavy atom. The minimum atomic E-state index is 0.176. The van der Waals surface area contributed by atoms with E-state index in [0.717, 1.165) is 18.7 Å². The SMILES string of the molecule is CCNC1Cc2ccc(C)c(C)c2O1. The van der Waals surface area contributed by atoms with Gasteiger partial charge in [-0.25, -0.2) is 0 Å². The molecular weight excluding hydrogens is 174 g/mol. The van der Waals surface area contributed by atoms with Crippen LogP contribution in [0.1, 0.15) is 23.6 Å². The van der Waals surface area contributed by atoms with Gasteiger partial charge >= 0.3 is 0 Å². The molecule has 0 saturated heterocycles. The van der Waals surface area contributed by atoms with Gasteiger partial charge in [-0.05, 0) is 37.1 Å². The lowest BCUT2D eigenvalue weighted by Gasteiger charge is -2.12. The van der Waals surface area contributed by atoms with Crippen LogP contribution in [0, 0.1) is 13.8 Å². The molecule has 2 nitrogen and oxygen atoms in total. The van der Waals surface area contributed by atoms with E-state index in [0.29, 0.717) is 0 Å². The van der Waals surface area contributed by atoms with Crippen LogP contribution in [-0.4, -0.2) is 12.8 Å². The topological polar surface area (TPSA) is 21.3 Å². The summed E-state index contributed by atoms with van der Waals surface area (Å²) in [7, 11) is 0. The Labute approximate surface area is 85.3 Å². The molecule has 1 aliphatic rings. The van der Waals surface area contributed by atoms with Gasteiger partial charge in [0, 0.05) is 6.42 Å². The number of aryl methyl sites for hydroxylation is 1. The van der Waals surface area contributed by atoms with E-state index in [1.807, 2.05) is 0 Å². The Bertz CT molecular complexity index is 346. The average Bonchev–Trinajstić information content (AvgIpc) is 2.56. The van der Waals surface area contributed by atoms with Crippen LogP contribution >= 0.6 is 0 Å². The minimum absolute atomic E-state index is 0.176. The highest BCUT2D eigenvalue weighted by molar-refractivity contribution is 5.47. The van der Waals surface area contributed by atoms with Gasteiger partial charge in [0.1, 0.15) is 5.75 Å². The van der Waals surface area contributed by atoms with Gasteiger partial charge in [0.15, 0.2) is 6.23 Å². The summed E-state index contributed by atoms with van der Waals surface area (Å²) in [5.74, 6) is 1.09. The summed E-state index contributed by atoms with van der Waals surface area (Å²) in [6.45, 7) is 7.31. The number of hydrogen-bond donors (Lipinski definition) is 1. The quantitative estimate of drug-likeness (QED) is 0.773. The zero-order valence-corrected chi connectivity index (χ0v) is 9.05. The molecular formula is C12H17NO. The molecule has 1 aliphatic heterocycles. The van der Waals surface area contributed by atoms with Gasteiger partial charge in [0.25, 0.3) is 0 Å². The van der Waals surface area contributed by atoms with Gasteiger partial charge in [-0.3, -0.25) is 5.32 Å². The maximum absolute atomic E-state index is 5.85. The number of benzene rings is 1. The summed E-state index contributed by atoms with van der Waals surface area (Å²) in [6, 6.07) is 4.35. The lowest BCUT2D eigenvalue weighted by atomic mass is 10.0. The summed E-state index contributed by atoms with van der Waals surface area (Å²) in [6.07, 6.45) is 1.17. The molecule has 0 bridgehead atoms. The van der Waals surface area contributed by atoms with Crippen molar-refractivity contribution in [2.24, 2.45) is 0 Å². The number of hydrogen-bond acceptors (Lipinski definition) is 2. The Hall–Kier alpha value is -1.02. The normalized spacial score (nSPS) is 19.2. The van der Waals surface area contributed by atoms with Crippen LogP contribution in [0.2, 0.25) is 0 Å². The van der Waals surface area contributed by atoms with Crippen LogP contribution in [0.15, 0.2) is 12.1 Å². The van der Waals surface area contributed by atoms with Crippen LogP contribution in [0.4, 0.5) is 0 Å². The van der Waals surface area contributed by atoms with E-state index in [2.05, 4.69) is 38.2 Å². The van der Waals surface area contributed by atoms with Crippen LogP contribution in [0.5, 0.6) is 5.75 Å². The maximum atomic E-state index is 5.85. The number of ether oxygens (including phenoxy) is 1. The summed E-state index contributed by atoms with van der Waals surface area (Å²) in [5, 5.41) is 3.32. The smallest absolute Gasteiger partial charge is 0.154 e. The van der Waals surface area contributed by atoms with Crippen molar-refractivity contribution in [2.75, 3.05) is 6.54 Å². The monoisotopic (exact) mass is 191 g/mol. The second-order valence-corrected chi connectivity index (χ2v) is 3.86. The zero-order valence-electron chi connectivity index (χ0n) is 9.05. The number of rotatable bonds is 2. The van der Waals surface area contributed by atoms with Gasteiger partial charge in [-0.15, -0.1) is 0 Å². The second-order valence-electron chi connectivity index (χ2n) is 3.86. The predicted octanol–water partition coefficient (Wildman–Crippen LogP) is 2.17. The molecule has 2 rings (SSSR count). The van der Waals surface area contributed by atoms with Gasteiger partial charge in [0.2, 0.25) is 0 Å². The first-order valence-corrected chi connectivity index (χ1v) is 5.21. The van der Waals surface area contributed by atoms with Crippen molar-refractivity contribution in [3.8, 4) is 5.75 Å². The largest absolute Gasteiger partial charge is 0.474 e. The third-order valence-corrected chi connectivity index (χ3v) is 2.86. The van der Waals surface area contributed by atoms with E-state index in [4.69, 9.17) is 4.74 Å². The number of fused-ring (bicyclic) bond motifs is 1. The van der Waals surface area contributed by atoms with Crippen molar-refractivity contribution in [2.45, 2.75) is 33.4 Å². The molecule has 1 atom stereocenters. The predicted molar refractivity (Wildman–Crippen MR) is 57.7 cm³/mol. The molecule has 0 fully saturated rings. The summed E-state index contributed by atoms with van der Waals surface area (Å²) >= 11 is 0. The summed E-state index contributed by atoms with van der Waals surface area (Å²) in [4.78, 5) is 0. The Balaban J connectivity index is 2.26. The first-order chi connectivity index (χ1) is 6.72. The molecule has 14 heavy (non-hydrogen) atoms. The van der Waals surface area contributed by atoms with Crippen molar-refractivity contribution in [3.63, 3.8) is 0 Å². The lowest BCUT2D eigenvalue weighted by Crippen LogP contribution is -2.32. The molecule has 1 N–H and O–H groups in total. The van der Waals surface area contributed by atoms with E-state index in [1.165, 1.54) is 16.7 Å². The maximum Gasteiger partial charge on any atom is 0.154 e. The molecule has 1 aromatic carbocycles. The van der Waals surface area contributed by atoms with Crippen LogP contribution in [0.3, 0.4) is 0 Å². The molecule has 0 spiro atoms. The molecule has 1 aromatic rings. The van der Waals surface area contributed by atoms with Crippen molar-refractivity contribution < 1.29 is 4.74 Å². The summed E-state index contributed by atoms with van der Waals surface area (Å²) < 4.78 is 5.85. The Kier molecular flexibility index (Phi) is 2.46. The number of likely N-dealkylation sites (N-methyl/N-ethyl adjacent to an activating group) is 1. The van der Waals surface area contributed by atoms with E-state index in [-0.39, 0.29) is 6.23 Å². The first-order valence-electron chi connectivity index (χ1n) is 5.21. The van der Waals surface area contributed by atoms with Gasteiger partial charge in [0.05, 0.1) is 0 Å². The Morgan fingerprint density at radius 3 is 2.93 bits per heavy atom. The molecule has 1 heterocycles. The van der Waals surface area contributed by atoms with Crippen molar-refractivity contribution >= 4 is 0 Å². The van der Waals surface area contributed by atoms with Gasteiger partial charge < -0.3 is 4.74 Å². The summed E-state index contributed by atoms with van der Waals surface area (Å²) in [5.41, 5.74) is 3.92. The molecule has 0 aromatic heterocycles. The van der Waals surface area contributed by atoms with Crippen molar-refractivity contribution in [1.29, 1.82) is 0 Å². The van der Waals surface area contributed by atoms with Crippen LogP contribution in [-0.2, 0) is 6.42 Å².